The van der Waals surface area contributed by atoms with Gasteiger partial charge in [0.05, 0.1) is 10.2 Å². The van der Waals surface area contributed by atoms with Crippen molar-refractivity contribution >= 4 is 21.7 Å². The van der Waals surface area contributed by atoms with E-state index in [1.807, 2.05) is 6.92 Å². The first-order chi connectivity index (χ1) is 9.37. The second-order valence-electron chi connectivity index (χ2n) is 5.57. The summed E-state index contributed by atoms with van der Waals surface area (Å²) in [5, 5.41) is 3.30. The molecule has 1 heterocycles. The molecule has 0 fully saturated rings. The molecule has 0 saturated heterocycles. The maximum atomic E-state index is 5.64. The molecule has 1 aromatic rings. The number of anilines is 1. The van der Waals surface area contributed by atoms with Crippen molar-refractivity contribution in [3.63, 3.8) is 0 Å². The standard InChI is InChI=1S/C15H26BrN3O/c1-7-15(5,20-6)14-18-11(9-10(3)4)12(16)13(19-14)17-8-2/h10H,7-9H2,1-6H3,(H,17,18,19). The Bertz CT molecular complexity index is 445. The number of hydrogen-bond donors (Lipinski definition) is 1. The first kappa shape index (κ1) is 17.4. The van der Waals surface area contributed by atoms with Crippen LogP contribution in [0.25, 0.3) is 0 Å². The summed E-state index contributed by atoms with van der Waals surface area (Å²) in [4.78, 5) is 9.40. The molecule has 0 aliphatic rings. The molecule has 0 bridgehead atoms. The molecule has 1 atom stereocenters. The Hall–Kier alpha value is -0.680. The molecular weight excluding hydrogens is 318 g/mol. The van der Waals surface area contributed by atoms with E-state index in [4.69, 9.17) is 9.72 Å². The van der Waals surface area contributed by atoms with Gasteiger partial charge >= 0.3 is 0 Å². The van der Waals surface area contributed by atoms with Gasteiger partial charge in [-0.15, -0.1) is 0 Å². The number of rotatable bonds is 7. The van der Waals surface area contributed by atoms with E-state index < -0.39 is 5.60 Å². The number of aromatic nitrogens is 2. The predicted octanol–water partition coefficient (Wildman–Crippen LogP) is 4.14. The Morgan fingerprint density at radius 3 is 2.40 bits per heavy atom. The normalized spacial score (nSPS) is 14.4. The van der Waals surface area contributed by atoms with Gasteiger partial charge in [0.25, 0.3) is 0 Å². The predicted molar refractivity (Wildman–Crippen MR) is 87.1 cm³/mol. The van der Waals surface area contributed by atoms with Gasteiger partial charge in [-0.25, -0.2) is 9.97 Å². The van der Waals surface area contributed by atoms with Gasteiger partial charge in [-0.2, -0.15) is 0 Å². The highest BCUT2D eigenvalue weighted by atomic mass is 79.9. The third-order valence-electron chi connectivity index (χ3n) is 3.46. The molecule has 1 aromatic heterocycles. The summed E-state index contributed by atoms with van der Waals surface area (Å²) >= 11 is 3.63. The fourth-order valence-electron chi connectivity index (χ4n) is 1.93. The van der Waals surface area contributed by atoms with Gasteiger partial charge in [0, 0.05) is 13.7 Å². The minimum absolute atomic E-state index is 0.448. The molecule has 0 amide bonds. The Kier molecular flexibility index (Phi) is 6.40. The van der Waals surface area contributed by atoms with Crippen LogP contribution in [0.3, 0.4) is 0 Å². The van der Waals surface area contributed by atoms with Crippen LogP contribution in [0.15, 0.2) is 4.47 Å². The molecule has 1 rings (SSSR count). The summed E-state index contributed by atoms with van der Waals surface area (Å²) in [5.41, 5.74) is 0.592. The third kappa shape index (κ3) is 3.92. The number of halogens is 1. The molecule has 5 heteroatoms. The van der Waals surface area contributed by atoms with Crippen molar-refractivity contribution in [3.05, 3.63) is 16.0 Å². The summed E-state index contributed by atoms with van der Waals surface area (Å²) in [6.45, 7) is 11.4. The zero-order valence-electron chi connectivity index (χ0n) is 13.4. The number of methoxy groups -OCH3 is 1. The Balaban J connectivity index is 3.35. The summed E-state index contributed by atoms with van der Waals surface area (Å²) in [6, 6.07) is 0. The van der Waals surface area contributed by atoms with E-state index in [0.29, 0.717) is 5.92 Å². The fraction of sp³-hybridized carbons (Fsp3) is 0.733. The lowest BCUT2D eigenvalue weighted by atomic mass is 10.0. The Morgan fingerprint density at radius 1 is 1.30 bits per heavy atom. The zero-order chi connectivity index (χ0) is 15.3. The monoisotopic (exact) mass is 343 g/mol. The Labute approximate surface area is 130 Å². The van der Waals surface area contributed by atoms with Crippen molar-refractivity contribution < 1.29 is 4.74 Å². The van der Waals surface area contributed by atoms with Crippen LogP contribution in [0, 0.1) is 5.92 Å². The van der Waals surface area contributed by atoms with Crippen LogP contribution >= 0.6 is 15.9 Å². The second-order valence-corrected chi connectivity index (χ2v) is 6.37. The highest BCUT2D eigenvalue weighted by molar-refractivity contribution is 9.10. The van der Waals surface area contributed by atoms with Crippen LogP contribution in [-0.4, -0.2) is 23.6 Å². The third-order valence-corrected chi connectivity index (χ3v) is 4.30. The summed E-state index contributed by atoms with van der Waals surface area (Å²) in [7, 11) is 1.71. The van der Waals surface area contributed by atoms with Gasteiger partial charge in [0.2, 0.25) is 0 Å². The van der Waals surface area contributed by atoms with E-state index in [-0.39, 0.29) is 0 Å². The van der Waals surface area contributed by atoms with Gasteiger partial charge < -0.3 is 10.1 Å². The molecule has 0 aliphatic heterocycles. The van der Waals surface area contributed by atoms with Crippen LogP contribution in [0.2, 0.25) is 0 Å². The topological polar surface area (TPSA) is 47.0 Å². The molecule has 0 aromatic carbocycles. The van der Waals surface area contributed by atoms with E-state index >= 15 is 0 Å². The second kappa shape index (κ2) is 7.36. The number of nitrogens with zero attached hydrogens (tertiary/aromatic N) is 2. The molecular formula is C15H26BrN3O. The highest BCUT2D eigenvalue weighted by Gasteiger charge is 2.29. The minimum atomic E-state index is -0.448. The number of nitrogens with one attached hydrogen (secondary N) is 1. The average Bonchev–Trinajstić information content (AvgIpc) is 2.41. The zero-order valence-corrected chi connectivity index (χ0v) is 15.0. The quantitative estimate of drug-likeness (QED) is 0.808. The SMILES string of the molecule is CCNc1nc(C(C)(CC)OC)nc(CC(C)C)c1Br. The van der Waals surface area contributed by atoms with Crippen molar-refractivity contribution in [2.75, 3.05) is 19.0 Å². The summed E-state index contributed by atoms with van der Waals surface area (Å²) in [5.74, 6) is 2.14. The summed E-state index contributed by atoms with van der Waals surface area (Å²) < 4.78 is 6.60. The maximum absolute atomic E-state index is 5.64. The smallest absolute Gasteiger partial charge is 0.162 e. The van der Waals surface area contributed by atoms with Crippen LogP contribution in [0.4, 0.5) is 5.82 Å². The van der Waals surface area contributed by atoms with Crippen molar-refractivity contribution in [1.82, 2.24) is 9.97 Å². The van der Waals surface area contributed by atoms with E-state index in [1.165, 1.54) is 0 Å². The van der Waals surface area contributed by atoms with E-state index in [0.717, 1.165) is 41.2 Å². The van der Waals surface area contributed by atoms with Gasteiger partial charge in [-0.3, -0.25) is 0 Å². The molecule has 0 spiro atoms. The molecule has 0 saturated carbocycles. The van der Waals surface area contributed by atoms with Gasteiger partial charge in [-0.05, 0) is 48.5 Å². The van der Waals surface area contributed by atoms with Crippen LogP contribution < -0.4 is 5.32 Å². The largest absolute Gasteiger partial charge is 0.371 e. The number of hydrogen-bond acceptors (Lipinski definition) is 4. The minimum Gasteiger partial charge on any atom is -0.371 e. The lowest BCUT2D eigenvalue weighted by Gasteiger charge is -2.26. The van der Waals surface area contributed by atoms with E-state index in [9.17, 15) is 0 Å². The van der Waals surface area contributed by atoms with Gasteiger partial charge in [0.1, 0.15) is 11.4 Å². The van der Waals surface area contributed by atoms with Crippen molar-refractivity contribution in [1.29, 1.82) is 0 Å². The molecule has 20 heavy (non-hydrogen) atoms. The van der Waals surface area contributed by atoms with Crippen LogP contribution in [0.1, 0.15) is 52.6 Å². The average molecular weight is 344 g/mol. The van der Waals surface area contributed by atoms with Crippen molar-refractivity contribution in [3.8, 4) is 0 Å². The Morgan fingerprint density at radius 2 is 1.95 bits per heavy atom. The highest BCUT2D eigenvalue weighted by Crippen LogP contribution is 2.31. The number of ether oxygens (including phenoxy) is 1. The van der Waals surface area contributed by atoms with Crippen molar-refractivity contribution in [2.45, 2.75) is 53.1 Å². The molecule has 1 unspecified atom stereocenters. The first-order valence-corrected chi connectivity index (χ1v) is 8.03. The lowest BCUT2D eigenvalue weighted by molar-refractivity contribution is -0.00909. The molecule has 114 valence electrons. The molecule has 0 aliphatic carbocycles. The van der Waals surface area contributed by atoms with Crippen LogP contribution in [-0.2, 0) is 16.8 Å². The van der Waals surface area contributed by atoms with E-state index in [2.05, 4.69) is 53.9 Å². The van der Waals surface area contributed by atoms with Crippen LogP contribution in [0.5, 0.6) is 0 Å². The molecule has 4 nitrogen and oxygen atoms in total. The van der Waals surface area contributed by atoms with Gasteiger partial charge in [-0.1, -0.05) is 20.8 Å². The van der Waals surface area contributed by atoms with E-state index in [1.54, 1.807) is 7.11 Å². The fourth-order valence-corrected chi connectivity index (χ4v) is 2.41. The lowest BCUT2D eigenvalue weighted by Crippen LogP contribution is -2.27. The first-order valence-electron chi connectivity index (χ1n) is 7.23. The maximum Gasteiger partial charge on any atom is 0.162 e. The van der Waals surface area contributed by atoms with Gasteiger partial charge in [0.15, 0.2) is 5.82 Å². The molecule has 1 N–H and O–H groups in total. The van der Waals surface area contributed by atoms with Crippen molar-refractivity contribution in [2.24, 2.45) is 5.92 Å². The summed E-state index contributed by atoms with van der Waals surface area (Å²) in [6.07, 6.45) is 1.75. The molecule has 0 radical (unpaired) electrons.